The van der Waals surface area contributed by atoms with Crippen molar-refractivity contribution in [2.24, 2.45) is 0 Å². The van der Waals surface area contributed by atoms with Gasteiger partial charge in [-0.15, -0.1) is 0 Å². The number of benzene rings is 1. The van der Waals surface area contributed by atoms with Crippen LogP contribution in [-0.2, 0) is 9.59 Å². The molecule has 0 saturated carbocycles. The van der Waals surface area contributed by atoms with Gasteiger partial charge in [-0.05, 0) is 19.1 Å². The number of nitrogens with zero attached hydrogens (tertiary/aromatic N) is 2. The first-order valence-corrected chi connectivity index (χ1v) is 7.88. The van der Waals surface area contributed by atoms with Crippen molar-refractivity contribution >= 4 is 17.5 Å². The molecule has 1 atom stereocenters. The minimum atomic E-state index is -0.502. The number of aromatic nitrogens is 1. The lowest BCUT2D eigenvalue weighted by molar-refractivity contribution is -0.138. The molecular weight excluding hydrogens is 308 g/mol. The summed E-state index contributed by atoms with van der Waals surface area (Å²) < 4.78 is 5.20. The first-order chi connectivity index (χ1) is 11.5. The van der Waals surface area contributed by atoms with E-state index in [0.29, 0.717) is 24.7 Å². The number of nitrogens with one attached hydrogen (secondary N) is 2. The first-order valence-electron chi connectivity index (χ1n) is 7.88. The van der Waals surface area contributed by atoms with E-state index < -0.39 is 6.04 Å². The van der Waals surface area contributed by atoms with E-state index in [0.717, 1.165) is 11.3 Å². The Bertz CT molecular complexity index is 739. The van der Waals surface area contributed by atoms with Crippen LogP contribution in [0.2, 0.25) is 0 Å². The molecule has 1 saturated heterocycles. The van der Waals surface area contributed by atoms with Crippen molar-refractivity contribution in [3.8, 4) is 11.3 Å². The summed E-state index contributed by atoms with van der Waals surface area (Å²) >= 11 is 0. The lowest BCUT2D eigenvalue weighted by atomic mass is 10.1. The van der Waals surface area contributed by atoms with Crippen molar-refractivity contribution in [2.75, 3.05) is 25.0 Å². The van der Waals surface area contributed by atoms with E-state index in [1.54, 1.807) is 25.0 Å². The number of anilines is 1. The SMILES string of the molecule is Cc1nc(-c2ccc(NC(=O)C(C)N3CCNCC3=O)cc2)co1. The molecule has 24 heavy (non-hydrogen) atoms. The number of carbonyl (C=O) groups excluding carboxylic acids is 2. The molecule has 0 spiro atoms. The lowest BCUT2D eigenvalue weighted by Gasteiger charge is -2.32. The average Bonchev–Trinajstić information content (AvgIpc) is 3.02. The van der Waals surface area contributed by atoms with Gasteiger partial charge in [0.25, 0.3) is 0 Å². The highest BCUT2D eigenvalue weighted by Crippen LogP contribution is 2.21. The maximum atomic E-state index is 12.4. The fourth-order valence-corrected chi connectivity index (χ4v) is 2.64. The van der Waals surface area contributed by atoms with Gasteiger partial charge in [-0.2, -0.15) is 0 Å². The maximum absolute atomic E-state index is 12.4. The number of rotatable bonds is 4. The number of piperazine rings is 1. The van der Waals surface area contributed by atoms with Gasteiger partial charge in [0.1, 0.15) is 18.0 Å². The molecule has 1 unspecified atom stereocenters. The summed E-state index contributed by atoms with van der Waals surface area (Å²) in [5.41, 5.74) is 2.35. The van der Waals surface area contributed by atoms with Gasteiger partial charge in [0.15, 0.2) is 5.89 Å². The zero-order valence-corrected chi connectivity index (χ0v) is 13.7. The number of carbonyl (C=O) groups is 2. The fourth-order valence-electron chi connectivity index (χ4n) is 2.64. The van der Waals surface area contributed by atoms with Crippen LogP contribution in [0, 0.1) is 6.92 Å². The number of aryl methyl sites for hydroxylation is 1. The van der Waals surface area contributed by atoms with Crippen molar-refractivity contribution in [3.05, 3.63) is 36.4 Å². The highest BCUT2D eigenvalue weighted by Gasteiger charge is 2.27. The van der Waals surface area contributed by atoms with Crippen LogP contribution in [0.15, 0.2) is 34.9 Å². The topological polar surface area (TPSA) is 87.5 Å². The van der Waals surface area contributed by atoms with E-state index in [1.807, 2.05) is 24.3 Å². The predicted octanol–water partition coefficient (Wildman–Crippen LogP) is 1.41. The molecule has 2 aromatic rings. The van der Waals surface area contributed by atoms with Crippen LogP contribution < -0.4 is 10.6 Å². The van der Waals surface area contributed by atoms with Gasteiger partial charge >= 0.3 is 0 Å². The molecule has 126 valence electrons. The van der Waals surface area contributed by atoms with Crippen LogP contribution in [-0.4, -0.2) is 47.4 Å². The standard InChI is InChI=1S/C17H20N4O3/c1-11(21-8-7-18-9-16(21)22)17(23)20-14-5-3-13(4-6-14)15-10-24-12(2)19-15/h3-6,10-11,18H,7-9H2,1-2H3,(H,20,23). The summed E-state index contributed by atoms with van der Waals surface area (Å²) in [6, 6.07) is 6.85. The molecule has 0 aliphatic carbocycles. The van der Waals surface area contributed by atoms with Crippen molar-refractivity contribution in [1.29, 1.82) is 0 Å². The summed E-state index contributed by atoms with van der Waals surface area (Å²) in [5, 5.41) is 5.84. The van der Waals surface area contributed by atoms with Crippen LogP contribution in [0.3, 0.4) is 0 Å². The summed E-state index contributed by atoms with van der Waals surface area (Å²) in [6.45, 7) is 5.05. The Morgan fingerprint density at radius 3 is 2.75 bits per heavy atom. The molecule has 2 amide bonds. The Labute approximate surface area is 140 Å². The third kappa shape index (κ3) is 3.46. The Morgan fingerprint density at radius 2 is 2.12 bits per heavy atom. The van der Waals surface area contributed by atoms with Crippen molar-refractivity contribution in [3.63, 3.8) is 0 Å². The van der Waals surface area contributed by atoms with Gasteiger partial charge < -0.3 is 20.0 Å². The Hall–Kier alpha value is -2.67. The molecule has 1 aromatic carbocycles. The van der Waals surface area contributed by atoms with E-state index in [4.69, 9.17) is 4.42 Å². The second-order valence-corrected chi connectivity index (χ2v) is 5.76. The molecule has 1 aliphatic rings. The maximum Gasteiger partial charge on any atom is 0.246 e. The molecule has 7 heteroatoms. The van der Waals surface area contributed by atoms with E-state index in [1.165, 1.54) is 0 Å². The number of amides is 2. The number of hydrogen-bond donors (Lipinski definition) is 2. The van der Waals surface area contributed by atoms with Gasteiger partial charge in [-0.25, -0.2) is 4.98 Å². The van der Waals surface area contributed by atoms with Gasteiger partial charge in [0.05, 0.1) is 6.54 Å². The average molecular weight is 328 g/mol. The molecule has 7 nitrogen and oxygen atoms in total. The van der Waals surface area contributed by atoms with Gasteiger partial charge in [-0.1, -0.05) is 12.1 Å². The molecule has 0 radical (unpaired) electrons. The molecule has 0 bridgehead atoms. The van der Waals surface area contributed by atoms with Gasteiger partial charge in [-0.3, -0.25) is 9.59 Å². The Morgan fingerprint density at radius 1 is 1.38 bits per heavy atom. The van der Waals surface area contributed by atoms with Crippen molar-refractivity contribution < 1.29 is 14.0 Å². The second-order valence-electron chi connectivity index (χ2n) is 5.76. The van der Waals surface area contributed by atoms with Crippen LogP contribution in [0.4, 0.5) is 5.69 Å². The number of hydrogen-bond acceptors (Lipinski definition) is 5. The third-order valence-corrected chi connectivity index (χ3v) is 4.04. The zero-order chi connectivity index (χ0) is 17.1. The molecule has 3 rings (SSSR count). The highest BCUT2D eigenvalue weighted by atomic mass is 16.3. The quantitative estimate of drug-likeness (QED) is 0.886. The minimum Gasteiger partial charge on any atom is -0.449 e. The second kappa shape index (κ2) is 6.84. The summed E-state index contributed by atoms with van der Waals surface area (Å²) in [7, 11) is 0. The van der Waals surface area contributed by atoms with Crippen LogP contribution in [0.5, 0.6) is 0 Å². The fraction of sp³-hybridized carbons (Fsp3) is 0.353. The van der Waals surface area contributed by atoms with Crippen LogP contribution >= 0.6 is 0 Å². The Kier molecular flexibility index (Phi) is 4.61. The van der Waals surface area contributed by atoms with Crippen LogP contribution in [0.25, 0.3) is 11.3 Å². The summed E-state index contributed by atoms with van der Waals surface area (Å²) in [6.07, 6.45) is 1.60. The number of oxazole rings is 1. The lowest BCUT2D eigenvalue weighted by Crippen LogP contribution is -2.54. The first kappa shape index (κ1) is 16.2. The molecule has 1 fully saturated rings. The molecule has 1 aromatic heterocycles. The van der Waals surface area contributed by atoms with E-state index in [2.05, 4.69) is 15.6 Å². The Balaban J connectivity index is 1.65. The monoisotopic (exact) mass is 328 g/mol. The largest absolute Gasteiger partial charge is 0.449 e. The zero-order valence-electron chi connectivity index (χ0n) is 13.7. The van der Waals surface area contributed by atoms with Gasteiger partial charge in [0.2, 0.25) is 11.8 Å². The van der Waals surface area contributed by atoms with E-state index in [9.17, 15) is 9.59 Å². The molecule has 2 heterocycles. The van der Waals surface area contributed by atoms with Crippen molar-refractivity contribution in [2.45, 2.75) is 19.9 Å². The third-order valence-electron chi connectivity index (χ3n) is 4.04. The van der Waals surface area contributed by atoms with E-state index >= 15 is 0 Å². The smallest absolute Gasteiger partial charge is 0.246 e. The molecule has 1 aliphatic heterocycles. The van der Waals surface area contributed by atoms with E-state index in [-0.39, 0.29) is 18.4 Å². The molecular formula is C17H20N4O3. The minimum absolute atomic E-state index is 0.0550. The highest BCUT2D eigenvalue weighted by molar-refractivity contribution is 5.97. The van der Waals surface area contributed by atoms with Crippen molar-refractivity contribution in [1.82, 2.24) is 15.2 Å². The summed E-state index contributed by atoms with van der Waals surface area (Å²) in [4.78, 5) is 30.1. The normalized spacial score (nSPS) is 16.1. The molecule has 2 N–H and O–H groups in total. The summed E-state index contributed by atoms with van der Waals surface area (Å²) in [5.74, 6) is 0.354. The van der Waals surface area contributed by atoms with Crippen LogP contribution in [0.1, 0.15) is 12.8 Å². The predicted molar refractivity (Wildman–Crippen MR) is 89.4 cm³/mol. The van der Waals surface area contributed by atoms with Gasteiger partial charge in [0, 0.05) is 31.3 Å².